The fraction of sp³-hybridized carbons (Fsp3) is 0.250. The Balaban J connectivity index is 2.38. The van der Waals surface area contributed by atoms with Gasteiger partial charge in [-0.25, -0.2) is 4.39 Å². The van der Waals surface area contributed by atoms with Crippen LogP contribution in [0.3, 0.4) is 0 Å². The van der Waals surface area contributed by atoms with E-state index in [9.17, 15) is 9.50 Å². The average Bonchev–Trinajstić information content (AvgIpc) is 2.57. The molecule has 2 aromatic heterocycles. The van der Waals surface area contributed by atoms with Crippen molar-refractivity contribution in [3.05, 3.63) is 51.2 Å². The summed E-state index contributed by atoms with van der Waals surface area (Å²) in [5.41, 5.74) is 1.32. The van der Waals surface area contributed by atoms with Crippen LogP contribution in [-0.4, -0.2) is 10.1 Å². The van der Waals surface area contributed by atoms with Crippen LogP contribution in [0.5, 0.6) is 0 Å². The lowest BCUT2D eigenvalue weighted by Crippen LogP contribution is -2.00. The first-order chi connectivity index (χ1) is 7.58. The van der Waals surface area contributed by atoms with Gasteiger partial charge >= 0.3 is 0 Å². The monoisotopic (exact) mass is 237 g/mol. The number of aromatic nitrogens is 1. The molecule has 1 unspecified atom stereocenters. The molecule has 2 heterocycles. The lowest BCUT2D eigenvalue weighted by atomic mass is 10.0. The molecule has 4 heteroatoms. The molecule has 0 spiro atoms. The molecular formula is C12H12FNOS. The summed E-state index contributed by atoms with van der Waals surface area (Å²) in [6.45, 7) is 3.93. The molecule has 0 aliphatic carbocycles. The predicted molar refractivity (Wildman–Crippen MR) is 62.0 cm³/mol. The van der Waals surface area contributed by atoms with Gasteiger partial charge in [-0.2, -0.15) is 0 Å². The van der Waals surface area contributed by atoms with E-state index in [1.54, 1.807) is 11.3 Å². The number of nitrogens with zero attached hydrogens (tertiary/aromatic N) is 1. The molecule has 1 N–H and O–H groups in total. The zero-order chi connectivity index (χ0) is 11.7. The molecule has 2 nitrogen and oxygen atoms in total. The highest BCUT2D eigenvalue weighted by Crippen LogP contribution is 2.30. The highest BCUT2D eigenvalue weighted by atomic mass is 32.1. The number of hydrogen-bond donors (Lipinski definition) is 1. The summed E-state index contributed by atoms with van der Waals surface area (Å²) < 4.78 is 13.0. The van der Waals surface area contributed by atoms with Gasteiger partial charge in [0, 0.05) is 21.5 Å². The van der Waals surface area contributed by atoms with Crippen molar-refractivity contribution >= 4 is 11.3 Å². The molecule has 0 saturated carbocycles. The molecule has 0 aliphatic rings. The number of aliphatic hydroxyl groups is 1. The zero-order valence-electron chi connectivity index (χ0n) is 9.07. The first-order valence-corrected chi connectivity index (χ1v) is 5.75. The largest absolute Gasteiger partial charge is 0.384 e. The number of pyridine rings is 1. The molecule has 84 valence electrons. The summed E-state index contributed by atoms with van der Waals surface area (Å²) >= 11 is 1.62. The molecule has 2 rings (SSSR count). The van der Waals surface area contributed by atoms with Crippen LogP contribution >= 0.6 is 11.3 Å². The number of aryl methyl sites for hydroxylation is 2. The van der Waals surface area contributed by atoms with Crippen molar-refractivity contribution in [1.29, 1.82) is 0 Å². The third-order valence-electron chi connectivity index (χ3n) is 2.42. The second kappa shape index (κ2) is 4.31. The quantitative estimate of drug-likeness (QED) is 0.871. The molecule has 0 saturated heterocycles. The summed E-state index contributed by atoms with van der Waals surface area (Å²) in [7, 11) is 0. The van der Waals surface area contributed by atoms with Gasteiger partial charge in [0.2, 0.25) is 0 Å². The maximum Gasteiger partial charge on any atom is 0.141 e. The highest BCUT2D eigenvalue weighted by molar-refractivity contribution is 7.12. The highest BCUT2D eigenvalue weighted by Gasteiger charge is 2.15. The van der Waals surface area contributed by atoms with Gasteiger partial charge in [0.15, 0.2) is 0 Å². The Kier molecular flexibility index (Phi) is 3.03. The standard InChI is InChI=1S/C12H12FNOS/c1-7-3-11(8(2)16-7)12(15)9-4-10(13)6-14-5-9/h3-6,12,15H,1-2H3. The molecule has 0 bridgehead atoms. The average molecular weight is 237 g/mol. The molecular weight excluding hydrogens is 225 g/mol. The van der Waals surface area contributed by atoms with Gasteiger partial charge in [-0.1, -0.05) is 0 Å². The second-order valence-electron chi connectivity index (χ2n) is 3.71. The van der Waals surface area contributed by atoms with E-state index in [-0.39, 0.29) is 0 Å². The Bertz CT molecular complexity index is 509. The summed E-state index contributed by atoms with van der Waals surface area (Å²) in [6, 6.07) is 3.24. The van der Waals surface area contributed by atoms with E-state index in [4.69, 9.17) is 0 Å². The van der Waals surface area contributed by atoms with Crippen LogP contribution in [0, 0.1) is 19.7 Å². The lowest BCUT2D eigenvalue weighted by molar-refractivity contribution is 0.219. The van der Waals surface area contributed by atoms with Gasteiger partial charge in [-0.15, -0.1) is 11.3 Å². The van der Waals surface area contributed by atoms with Gasteiger partial charge in [-0.3, -0.25) is 4.98 Å². The van der Waals surface area contributed by atoms with E-state index in [0.717, 1.165) is 21.5 Å². The molecule has 16 heavy (non-hydrogen) atoms. The van der Waals surface area contributed by atoms with Crippen LogP contribution in [0.15, 0.2) is 24.5 Å². The normalized spacial score (nSPS) is 12.8. The van der Waals surface area contributed by atoms with E-state index in [2.05, 4.69) is 4.98 Å². The molecule has 0 radical (unpaired) electrons. The van der Waals surface area contributed by atoms with E-state index >= 15 is 0 Å². The molecule has 0 amide bonds. The Labute approximate surface area is 97.4 Å². The topological polar surface area (TPSA) is 33.1 Å². The zero-order valence-corrected chi connectivity index (χ0v) is 9.88. The van der Waals surface area contributed by atoms with Crippen LogP contribution in [0.1, 0.15) is 27.0 Å². The number of thiophene rings is 1. The fourth-order valence-corrected chi connectivity index (χ4v) is 2.64. The van der Waals surface area contributed by atoms with E-state index < -0.39 is 11.9 Å². The first kappa shape index (κ1) is 11.2. The van der Waals surface area contributed by atoms with Gasteiger partial charge in [0.1, 0.15) is 11.9 Å². The van der Waals surface area contributed by atoms with Crippen molar-refractivity contribution in [3.63, 3.8) is 0 Å². The number of rotatable bonds is 2. The molecule has 2 aromatic rings. The van der Waals surface area contributed by atoms with Crippen LogP contribution in [0.4, 0.5) is 4.39 Å². The van der Waals surface area contributed by atoms with E-state index in [0.29, 0.717) is 5.56 Å². The van der Waals surface area contributed by atoms with Crippen molar-refractivity contribution in [1.82, 2.24) is 4.98 Å². The molecule has 1 atom stereocenters. The molecule has 0 aromatic carbocycles. The number of hydrogen-bond acceptors (Lipinski definition) is 3. The van der Waals surface area contributed by atoms with Gasteiger partial charge < -0.3 is 5.11 Å². The van der Waals surface area contributed by atoms with Crippen LogP contribution in [0.25, 0.3) is 0 Å². The van der Waals surface area contributed by atoms with Crippen molar-refractivity contribution < 1.29 is 9.50 Å². The second-order valence-corrected chi connectivity index (χ2v) is 5.17. The Morgan fingerprint density at radius 1 is 1.31 bits per heavy atom. The van der Waals surface area contributed by atoms with Crippen molar-refractivity contribution in [2.45, 2.75) is 20.0 Å². The van der Waals surface area contributed by atoms with Crippen LogP contribution in [0.2, 0.25) is 0 Å². The Morgan fingerprint density at radius 3 is 2.62 bits per heavy atom. The lowest BCUT2D eigenvalue weighted by Gasteiger charge is -2.10. The van der Waals surface area contributed by atoms with Crippen LogP contribution in [-0.2, 0) is 0 Å². The maximum absolute atomic E-state index is 13.0. The first-order valence-electron chi connectivity index (χ1n) is 4.93. The third-order valence-corrected chi connectivity index (χ3v) is 3.40. The number of halogens is 1. The van der Waals surface area contributed by atoms with Crippen LogP contribution < -0.4 is 0 Å². The Hall–Kier alpha value is -1.26. The van der Waals surface area contributed by atoms with Crippen molar-refractivity contribution in [2.75, 3.05) is 0 Å². The fourth-order valence-electron chi connectivity index (χ4n) is 1.68. The van der Waals surface area contributed by atoms with Crippen molar-refractivity contribution in [3.8, 4) is 0 Å². The number of aliphatic hydroxyl groups excluding tert-OH is 1. The minimum absolute atomic E-state index is 0.429. The van der Waals surface area contributed by atoms with Gasteiger partial charge in [-0.05, 0) is 31.5 Å². The summed E-state index contributed by atoms with van der Waals surface area (Å²) in [5.74, 6) is -0.429. The smallest absolute Gasteiger partial charge is 0.141 e. The summed E-state index contributed by atoms with van der Waals surface area (Å²) in [5, 5.41) is 10.1. The summed E-state index contributed by atoms with van der Waals surface area (Å²) in [4.78, 5) is 5.92. The minimum Gasteiger partial charge on any atom is -0.384 e. The SMILES string of the molecule is Cc1cc(C(O)c2cncc(F)c2)c(C)s1. The minimum atomic E-state index is -0.798. The molecule has 0 aliphatic heterocycles. The van der Waals surface area contributed by atoms with Gasteiger partial charge in [0.25, 0.3) is 0 Å². The maximum atomic E-state index is 13.0. The summed E-state index contributed by atoms with van der Waals surface area (Å²) in [6.07, 6.45) is 1.82. The van der Waals surface area contributed by atoms with Gasteiger partial charge in [0.05, 0.1) is 6.20 Å². The third kappa shape index (κ3) is 2.13. The Morgan fingerprint density at radius 2 is 2.06 bits per heavy atom. The van der Waals surface area contributed by atoms with Crippen molar-refractivity contribution in [2.24, 2.45) is 0 Å². The van der Waals surface area contributed by atoms with E-state index in [1.165, 1.54) is 12.3 Å². The predicted octanol–water partition coefficient (Wildman–Crippen LogP) is 2.98. The molecule has 0 fully saturated rings. The van der Waals surface area contributed by atoms with E-state index in [1.807, 2.05) is 19.9 Å².